The van der Waals surface area contributed by atoms with Gasteiger partial charge in [-0.1, -0.05) is 0 Å². The Kier molecular flexibility index (Phi) is 1.87. The molecular formula is C6H10N2O. The number of furan rings is 1. The lowest BCUT2D eigenvalue weighted by molar-refractivity contribution is 0.469. The molecule has 3 nitrogen and oxygen atoms in total. The van der Waals surface area contributed by atoms with Crippen LogP contribution in [-0.4, -0.2) is 6.54 Å². The molecule has 1 rings (SSSR count). The summed E-state index contributed by atoms with van der Waals surface area (Å²) in [5.41, 5.74) is 10.8. The molecule has 0 radical (unpaired) electrons. The summed E-state index contributed by atoms with van der Waals surface area (Å²) in [6.07, 6.45) is 1.59. The molecule has 0 aliphatic heterocycles. The normalized spacial score (nSPS) is 13.6. The number of rotatable bonds is 2. The van der Waals surface area contributed by atoms with Crippen molar-refractivity contribution in [3.63, 3.8) is 0 Å². The van der Waals surface area contributed by atoms with Crippen molar-refractivity contribution < 1.29 is 4.42 Å². The van der Waals surface area contributed by atoms with Crippen LogP contribution >= 0.6 is 0 Å². The average molecular weight is 126 g/mol. The lowest BCUT2D eigenvalue weighted by atomic mass is 10.2. The van der Waals surface area contributed by atoms with E-state index in [4.69, 9.17) is 15.9 Å². The Balaban J connectivity index is 2.65. The summed E-state index contributed by atoms with van der Waals surface area (Å²) in [5.74, 6) is 0.748. The molecule has 0 aliphatic rings. The van der Waals surface area contributed by atoms with Gasteiger partial charge >= 0.3 is 0 Å². The topological polar surface area (TPSA) is 65.2 Å². The Labute approximate surface area is 53.6 Å². The zero-order chi connectivity index (χ0) is 6.69. The quantitative estimate of drug-likeness (QED) is 0.596. The lowest BCUT2D eigenvalue weighted by Gasteiger charge is -2.01. The van der Waals surface area contributed by atoms with E-state index >= 15 is 0 Å². The van der Waals surface area contributed by atoms with Crippen LogP contribution in [0, 0.1) is 0 Å². The molecular weight excluding hydrogens is 116 g/mol. The third kappa shape index (κ3) is 1.31. The van der Waals surface area contributed by atoms with E-state index in [-0.39, 0.29) is 6.04 Å². The highest BCUT2D eigenvalue weighted by Crippen LogP contribution is 2.07. The van der Waals surface area contributed by atoms with Crippen LogP contribution in [0.3, 0.4) is 0 Å². The molecule has 1 heterocycles. The Morgan fingerprint density at radius 2 is 2.44 bits per heavy atom. The fourth-order valence-electron chi connectivity index (χ4n) is 0.618. The van der Waals surface area contributed by atoms with E-state index in [1.807, 2.05) is 6.07 Å². The standard InChI is InChI=1S/C6H10N2O/c7-4-5(8)6-2-1-3-9-6/h1-3,5H,4,7-8H2. The SMILES string of the molecule is NCC(N)c1ccco1. The Morgan fingerprint density at radius 1 is 1.67 bits per heavy atom. The van der Waals surface area contributed by atoms with Gasteiger partial charge in [0.15, 0.2) is 0 Å². The van der Waals surface area contributed by atoms with Crippen molar-refractivity contribution in [2.24, 2.45) is 11.5 Å². The van der Waals surface area contributed by atoms with Crippen LogP contribution in [0.25, 0.3) is 0 Å². The fraction of sp³-hybridized carbons (Fsp3) is 0.333. The fourth-order valence-corrected chi connectivity index (χ4v) is 0.618. The molecule has 0 saturated carbocycles. The second-order valence-electron chi connectivity index (χ2n) is 1.86. The van der Waals surface area contributed by atoms with Crippen LogP contribution in [0.2, 0.25) is 0 Å². The van der Waals surface area contributed by atoms with Gasteiger partial charge in [0.05, 0.1) is 12.3 Å². The zero-order valence-electron chi connectivity index (χ0n) is 5.08. The van der Waals surface area contributed by atoms with Gasteiger partial charge in [-0.15, -0.1) is 0 Å². The summed E-state index contributed by atoms with van der Waals surface area (Å²) in [7, 11) is 0. The highest BCUT2D eigenvalue weighted by atomic mass is 16.3. The Hall–Kier alpha value is -0.800. The van der Waals surface area contributed by atoms with Crippen molar-refractivity contribution in [1.82, 2.24) is 0 Å². The number of hydrogen-bond acceptors (Lipinski definition) is 3. The van der Waals surface area contributed by atoms with Crippen LogP contribution in [0.4, 0.5) is 0 Å². The smallest absolute Gasteiger partial charge is 0.121 e. The van der Waals surface area contributed by atoms with Crippen molar-refractivity contribution >= 4 is 0 Å². The van der Waals surface area contributed by atoms with Gasteiger partial charge in [-0.25, -0.2) is 0 Å². The van der Waals surface area contributed by atoms with Gasteiger partial charge in [0.2, 0.25) is 0 Å². The van der Waals surface area contributed by atoms with Gasteiger partial charge < -0.3 is 15.9 Å². The Bertz CT molecular complexity index is 160. The third-order valence-corrected chi connectivity index (χ3v) is 1.16. The molecule has 4 N–H and O–H groups in total. The second kappa shape index (κ2) is 2.66. The first-order chi connectivity index (χ1) is 4.34. The Morgan fingerprint density at radius 3 is 2.89 bits per heavy atom. The maximum atomic E-state index is 5.52. The first-order valence-electron chi connectivity index (χ1n) is 2.83. The summed E-state index contributed by atoms with van der Waals surface area (Å²) < 4.78 is 4.98. The van der Waals surface area contributed by atoms with E-state index < -0.39 is 0 Å². The summed E-state index contributed by atoms with van der Waals surface area (Å²) in [6.45, 7) is 0.424. The molecule has 1 aromatic heterocycles. The van der Waals surface area contributed by atoms with E-state index in [1.54, 1.807) is 12.3 Å². The molecule has 0 amide bonds. The minimum Gasteiger partial charge on any atom is -0.468 e. The van der Waals surface area contributed by atoms with E-state index in [0.29, 0.717) is 6.54 Å². The molecule has 0 fully saturated rings. The lowest BCUT2D eigenvalue weighted by Crippen LogP contribution is -2.19. The molecule has 0 bridgehead atoms. The highest BCUT2D eigenvalue weighted by Gasteiger charge is 2.03. The second-order valence-corrected chi connectivity index (χ2v) is 1.86. The van der Waals surface area contributed by atoms with Crippen molar-refractivity contribution in [1.29, 1.82) is 0 Å². The van der Waals surface area contributed by atoms with Crippen LogP contribution in [0.1, 0.15) is 11.8 Å². The molecule has 0 aliphatic carbocycles. The van der Waals surface area contributed by atoms with Gasteiger partial charge in [-0.2, -0.15) is 0 Å². The van der Waals surface area contributed by atoms with Gasteiger partial charge in [-0.3, -0.25) is 0 Å². The summed E-state index contributed by atoms with van der Waals surface area (Å²) in [4.78, 5) is 0. The average Bonchev–Trinajstić information content (AvgIpc) is 2.37. The van der Waals surface area contributed by atoms with Gasteiger partial charge in [-0.05, 0) is 12.1 Å². The first-order valence-corrected chi connectivity index (χ1v) is 2.83. The molecule has 0 aromatic carbocycles. The molecule has 0 saturated heterocycles. The van der Waals surface area contributed by atoms with Gasteiger partial charge in [0, 0.05) is 6.54 Å². The molecule has 1 aromatic rings. The molecule has 9 heavy (non-hydrogen) atoms. The molecule has 1 unspecified atom stereocenters. The highest BCUT2D eigenvalue weighted by molar-refractivity contribution is 5.03. The molecule has 0 spiro atoms. The summed E-state index contributed by atoms with van der Waals surface area (Å²) in [5, 5.41) is 0. The van der Waals surface area contributed by atoms with Crippen LogP contribution in [-0.2, 0) is 0 Å². The molecule has 1 atom stereocenters. The van der Waals surface area contributed by atoms with E-state index in [2.05, 4.69) is 0 Å². The molecule has 3 heteroatoms. The predicted molar refractivity (Wildman–Crippen MR) is 34.7 cm³/mol. The molecule has 50 valence electrons. The number of nitrogens with two attached hydrogens (primary N) is 2. The van der Waals surface area contributed by atoms with Crippen molar-refractivity contribution in [2.45, 2.75) is 6.04 Å². The summed E-state index contributed by atoms with van der Waals surface area (Å²) >= 11 is 0. The van der Waals surface area contributed by atoms with E-state index in [1.165, 1.54) is 0 Å². The van der Waals surface area contributed by atoms with Crippen LogP contribution in [0.5, 0.6) is 0 Å². The maximum absolute atomic E-state index is 5.52. The number of hydrogen-bond donors (Lipinski definition) is 2. The van der Waals surface area contributed by atoms with Crippen LogP contribution < -0.4 is 11.5 Å². The summed E-state index contributed by atoms with van der Waals surface area (Å²) in [6, 6.07) is 3.46. The van der Waals surface area contributed by atoms with E-state index in [0.717, 1.165) is 5.76 Å². The zero-order valence-corrected chi connectivity index (χ0v) is 5.08. The minimum absolute atomic E-state index is 0.153. The third-order valence-electron chi connectivity index (χ3n) is 1.16. The van der Waals surface area contributed by atoms with Gasteiger partial charge in [0.1, 0.15) is 5.76 Å². The predicted octanol–water partition coefficient (Wildman–Crippen LogP) is 0.238. The van der Waals surface area contributed by atoms with Crippen LogP contribution in [0.15, 0.2) is 22.8 Å². The van der Waals surface area contributed by atoms with Crippen molar-refractivity contribution in [2.75, 3.05) is 6.54 Å². The van der Waals surface area contributed by atoms with Crippen molar-refractivity contribution in [3.8, 4) is 0 Å². The first kappa shape index (κ1) is 6.32. The monoisotopic (exact) mass is 126 g/mol. The maximum Gasteiger partial charge on any atom is 0.121 e. The largest absolute Gasteiger partial charge is 0.468 e. The minimum atomic E-state index is -0.153. The van der Waals surface area contributed by atoms with E-state index in [9.17, 15) is 0 Å². The van der Waals surface area contributed by atoms with Crippen molar-refractivity contribution in [3.05, 3.63) is 24.2 Å². The van der Waals surface area contributed by atoms with Gasteiger partial charge in [0.25, 0.3) is 0 Å².